The molecule has 72 heteroatoms. The van der Waals surface area contributed by atoms with Crippen LogP contribution in [0, 0.1) is 0 Å². The average Bonchev–Trinajstić information content (AvgIpc) is 0.767. The molecule has 0 aromatic carbocycles. The van der Waals surface area contributed by atoms with Gasteiger partial charge in [-0.1, -0.05) is 0 Å². The van der Waals surface area contributed by atoms with Crippen molar-refractivity contribution in [1.82, 2.24) is 0 Å². The fourth-order valence-electron chi connectivity index (χ4n) is 9.08. The van der Waals surface area contributed by atoms with Crippen molar-refractivity contribution in [2.75, 3.05) is 26.4 Å². The minimum absolute atomic E-state index is 0. The van der Waals surface area contributed by atoms with E-state index in [4.69, 9.17) is 54.1 Å². The summed E-state index contributed by atoms with van der Waals surface area (Å²) in [6, 6.07) is -5.24. The third-order valence-electron chi connectivity index (χ3n) is 13.0. The number of carboxylic acid groups (broad SMARTS) is 2. The van der Waals surface area contributed by atoms with Crippen LogP contribution < -0.4 is 317 Å². The summed E-state index contributed by atoms with van der Waals surface area (Å²) in [5.74, 6) is -7.43. The second-order valence-electron chi connectivity index (χ2n) is 20.0. The molecule has 0 bridgehead atoms. The van der Waals surface area contributed by atoms with Crippen LogP contribution in [0.3, 0.4) is 0 Å². The zero-order chi connectivity index (χ0) is 75.3. The molecule has 0 saturated carbocycles. The molecule has 11 unspecified atom stereocenters. The zero-order valence-electron chi connectivity index (χ0n) is 57.8. The van der Waals surface area contributed by atoms with Crippen molar-refractivity contribution in [3.63, 3.8) is 0 Å². The van der Waals surface area contributed by atoms with Gasteiger partial charge < -0.3 is 146 Å². The molecule has 54 nitrogen and oxygen atoms in total. The fourth-order valence-corrected chi connectivity index (χ4v) is 12.7. The van der Waals surface area contributed by atoms with Crippen molar-refractivity contribution in [2.24, 2.45) is 11.5 Å². The zero-order valence-corrected chi connectivity index (χ0v) is 84.4. The Labute approximate surface area is 835 Å². The summed E-state index contributed by atoms with van der Waals surface area (Å²) in [6.07, 6.45) is -70.7. The standard InChI is InChI=1S/C36H62N2O52S8.10Na/c1-8-20(85-93(56,57)58)17(43)27(89-97(68,69)70)35(77-8)79-14(3-11(40)31(46)47)12(41)5-74-25-16(38)33(80-15(7-76-92(53,54)55)24(25)88-96(65,66)67)83-29-26(82-36-28(90-98(71,72)73)18(44)21(9(2)78-36)86-94(59,60)61)19(45)34(84-30(29)32(48)49)81-22(10(37)4-39)23(87-95(62,63)64)13(42)6-75-91(50,51)52;;;;;;;;;;/h3,8-10,12-30,33-36,39-45H,4-7,37-38H2,1-2H3,(H,46,47)(H,48,49)(H,50,51,52)(H,53,54,55)(H,56,57,58)(H,59,60,61)(H,62,63,64)(H,65,66,67)(H,68,69,70)(H,71,72,73);;;;;;;;;;/q;10*+1/p-10/b11-3-;;;;;;;;;;/t8?,9?,10?,12?,13?,14-,15?,16?,17-,18-,19-,20+,21+,22+,23-,24-,25+,26?,27?,28?,29-,30?,33-,34+,35-,36-;;;;;;;;;;/m0........../s1. The summed E-state index contributed by atoms with van der Waals surface area (Å²) in [6.45, 7) is -6.03. The topological polar surface area (TPSA) is 888 Å². The SMILES string of the molecule is CC1O[C@@H](OC2[C@H](O[C@@H]3OC(COS(=O)(=O)[O-])[C@H](OS(=O)(=O)[O-])[C@H](OCC(O)[C@H](/C=C(\O)C(=O)[O-])O[C@@H]4OC(C)[C@@H](OS(=O)(=O)[O-])[C@H](O)C4OS(=O)(=O)[O-])C3N)C(C(=O)[O-])O[C@@H](O[C@H](C(N)CO)[C@@H](OS(=O)(=O)[O-])C(O)COS(=O)(=O)[O-])[C@H]2O)C(OS(=O)(=O)[O-])[C@@H](O)[C@@H]1OS(=O)(=O)[O-].[Na+].[Na+].[Na+].[Na+].[Na+].[Na+].[Na+].[Na+].[Na+].[Na+]. The molecule has 0 amide bonds. The largest absolute Gasteiger partial charge is 1.00 e. The Morgan fingerprint density at radius 1 is 0.472 bits per heavy atom. The van der Waals surface area contributed by atoms with Crippen LogP contribution in [0.4, 0.5) is 0 Å². The van der Waals surface area contributed by atoms with E-state index in [1.165, 1.54) is 0 Å². The van der Waals surface area contributed by atoms with Gasteiger partial charge in [0.15, 0.2) is 37.4 Å². The van der Waals surface area contributed by atoms with Crippen LogP contribution >= 0.6 is 0 Å². The van der Waals surface area contributed by atoms with Crippen LogP contribution in [0.5, 0.6) is 0 Å². The van der Waals surface area contributed by atoms with E-state index in [0.717, 1.165) is 6.92 Å². The summed E-state index contributed by atoms with van der Waals surface area (Å²) in [5, 5.41) is 102. The van der Waals surface area contributed by atoms with Crippen molar-refractivity contribution in [2.45, 2.75) is 173 Å². The first-order valence-electron chi connectivity index (χ1n) is 25.5. The van der Waals surface area contributed by atoms with Gasteiger partial charge in [-0.2, -0.15) is 0 Å². The number of hydrogen-bond donors (Lipinski definition) is 9. The van der Waals surface area contributed by atoms with Crippen LogP contribution in [0.2, 0.25) is 0 Å². The van der Waals surface area contributed by atoms with Crippen molar-refractivity contribution in [3.05, 3.63) is 11.8 Å². The van der Waals surface area contributed by atoms with E-state index >= 15 is 0 Å². The van der Waals surface area contributed by atoms with E-state index in [1.807, 2.05) is 0 Å². The van der Waals surface area contributed by atoms with E-state index in [9.17, 15) is 159 Å². The minimum Gasteiger partial charge on any atom is -0.726 e. The van der Waals surface area contributed by atoms with Crippen molar-refractivity contribution < 1.29 is 531 Å². The van der Waals surface area contributed by atoms with Gasteiger partial charge in [0.05, 0.1) is 56.7 Å². The van der Waals surface area contributed by atoms with Crippen LogP contribution in [-0.2, 0) is 169 Å². The van der Waals surface area contributed by atoms with E-state index in [1.54, 1.807) is 0 Å². The summed E-state index contributed by atoms with van der Waals surface area (Å²) in [5.41, 5.74) is 12.1. The second kappa shape index (κ2) is 53.9. The molecule has 11 N–H and O–H groups in total. The number of aliphatic hydroxyl groups excluding tert-OH is 7. The Balaban J connectivity index is -0.00000204. The molecule has 0 aromatic heterocycles. The van der Waals surface area contributed by atoms with Crippen molar-refractivity contribution in [3.8, 4) is 0 Å². The molecule has 4 aliphatic heterocycles. The predicted molar refractivity (Wildman–Crippen MR) is 268 cm³/mol. The Kier molecular flexibility index (Phi) is 63.9. The Morgan fingerprint density at radius 3 is 1.28 bits per heavy atom. The summed E-state index contributed by atoms with van der Waals surface area (Å²) in [7, 11) is -49.2. The third-order valence-corrected chi connectivity index (χ3v) is 16.6. The predicted octanol–water partition coefficient (Wildman–Crippen LogP) is -47.7. The second-order valence-corrected chi connectivity index (χ2v) is 28.1. The average molecular weight is 1830 g/mol. The number of nitrogens with two attached hydrogens (primary N) is 2. The molecule has 108 heavy (non-hydrogen) atoms. The number of ether oxygens (including phenoxy) is 9. The van der Waals surface area contributed by atoms with Crippen LogP contribution in [0.25, 0.3) is 0 Å². The molecule has 4 fully saturated rings. The Morgan fingerprint density at radius 2 is 0.880 bits per heavy atom. The quantitative estimate of drug-likeness (QED) is 0.00917. The minimum atomic E-state index is -6.39. The molecule has 4 heterocycles. The molecule has 0 radical (unpaired) electrons. The van der Waals surface area contributed by atoms with Crippen LogP contribution in [0.1, 0.15) is 13.8 Å². The fraction of sp³-hybridized carbons (Fsp3) is 0.889. The molecule has 4 aliphatic rings. The molecule has 0 aromatic rings. The van der Waals surface area contributed by atoms with Crippen molar-refractivity contribution >= 4 is 95.1 Å². The molecular formula is C36H52N2Na10O52S8. The van der Waals surface area contributed by atoms with Gasteiger partial charge in [0.2, 0.25) is 83.2 Å². The molecule has 0 aliphatic carbocycles. The third kappa shape index (κ3) is 43.6. The maximum Gasteiger partial charge on any atom is 1.00 e. The summed E-state index contributed by atoms with van der Waals surface area (Å²) in [4.78, 5) is 25.0. The Bertz CT molecular complexity index is 3740. The first-order chi connectivity index (χ1) is 44.3. The molecule has 4 saturated heterocycles. The van der Waals surface area contributed by atoms with Crippen molar-refractivity contribution in [1.29, 1.82) is 0 Å². The number of carbonyl (C=O) groups is 2. The van der Waals surface area contributed by atoms with Crippen LogP contribution in [-0.4, -0.2) is 337 Å². The first kappa shape index (κ1) is 128. The van der Waals surface area contributed by atoms with Gasteiger partial charge in [0.25, 0.3) is 0 Å². The Hall–Kier alpha value is 6.76. The number of aliphatic hydroxyl groups is 7. The number of hydrogen-bond acceptors (Lipinski definition) is 54. The van der Waals surface area contributed by atoms with Gasteiger partial charge in [-0.05, 0) is 19.9 Å². The number of aliphatic carboxylic acids is 2. The van der Waals surface area contributed by atoms with E-state index in [-0.39, 0.29) is 302 Å². The summed E-state index contributed by atoms with van der Waals surface area (Å²) < 4.78 is 364. The molecule has 576 valence electrons. The molecule has 4 rings (SSSR count). The summed E-state index contributed by atoms with van der Waals surface area (Å²) >= 11 is 0. The van der Waals surface area contributed by atoms with E-state index in [0.29, 0.717) is 6.92 Å². The molecular weight excluding hydrogens is 1780 g/mol. The number of rotatable bonds is 37. The van der Waals surface area contributed by atoms with Crippen LogP contribution in [0.15, 0.2) is 11.8 Å². The monoisotopic (exact) mass is 1830 g/mol. The smallest absolute Gasteiger partial charge is 0.726 e. The van der Waals surface area contributed by atoms with Gasteiger partial charge in [0.1, 0.15) is 109 Å². The van der Waals surface area contributed by atoms with Gasteiger partial charge >= 0.3 is 296 Å². The normalized spacial score (nSPS) is 31.0. The molecule has 0 spiro atoms. The van der Waals surface area contributed by atoms with E-state index in [2.05, 4.69) is 33.5 Å². The van der Waals surface area contributed by atoms with E-state index < -0.39 is 287 Å². The maximum atomic E-state index is 13.3. The number of carboxylic acids is 2. The first-order valence-corrected chi connectivity index (χ1v) is 36.2. The van der Waals surface area contributed by atoms with Gasteiger partial charge in [-0.25, -0.2) is 67.3 Å². The van der Waals surface area contributed by atoms with Gasteiger partial charge in [0, 0.05) is 0 Å². The number of carbonyl (C=O) groups excluding carboxylic acids is 2. The molecule has 26 atom stereocenters. The van der Waals surface area contributed by atoms with Gasteiger partial charge in [-0.15, -0.1) is 0 Å². The van der Waals surface area contributed by atoms with Gasteiger partial charge in [-0.3, -0.25) is 33.5 Å². The maximum absolute atomic E-state index is 13.3.